The van der Waals surface area contributed by atoms with E-state index in [0.29, 0.717) is 0 Å². The molecule has 5 nitrogen and oxygen atoms in total. The lowest BCUT2D eigenvalue weighted by Crippen LogP contribution is -2.33. The number of hydrogen-bond donors (Lipinski definition) is 0. The van der Waals surface area contributed by atoms with Crippen LogP contribution in [0.15, 0.2) is 30.9 Å². The Bertz CT molecular complexity index is 577. The minimum atomic E-state index is -3.40. The van der Waals surface area contributed by atoms with Gasteiger partial charge in [0.2, 0.25) is 0 Å². The lowest BCUT2D eigenvalue weighted by molar-refractivity contribution is -0.695. The third-order valence-corrected chi connectivity index (χ3v) is 5.76. The Balaban J connectivity index is 2.16. The average molecular weight is 357 g/mol. The zero-order valence-electron chi connectivity index (χ0n) is 15.5. The second-order valence-corrected chi connectivity index (χ2v) is 8.49. The molecular formula is C18H34N3O2S+. The second-order valence-electron chi connectivity index (χ2n) is 6.44. The van der Waals surface area contributed by atoms with Crippen LogP contribution in [0, 0.1) is 0 Å². The van der Waals surface area contributed by atoms with E-state index in [1.54, 1.807) is 18.7 Å². The second kappa shape index (κ2) is 11.4. The predicted molar refractivity (Wildman–Crippen MR) is 99.0 cm³/mol. The largest absolute Gasteiger partial charge is 0.379 e. The van der Waals surface area contributed by atoms with Crippen molar-refractivity contribution in [1.29, 1.82) is 0 Å². The van der Waals surface area contributed by atoms with Crippen molar-refractivity contribution in [3.05, 3.63) is 30.9 Å². The highest BCUT2D eigenvalue weighted by Crippen LogP contribution is 2.08. The molecule has 1 heterocycles. The molecule has 6 heteroatoms. The van der Waals surface area contributed by atoms with Gasteiger partial charge in [-0.2, -0.15) is 12.7 Å². The highest BCUT2D eigenvalue weighted by molar-refractivity contribution is 7.87. The van der Waals surface area contributed by atoms with E-state index >= 15 is 0 Å². The maximum atomic E-state index is 12.0. The summed E-state index contributed by atoms with van der Waals surface area (Å²) in [7, 11) is -0.331. The van der Waals surface area contributed by atoms with E-state index in [1.165, 1.54) is 67.3 Å². The molecule has 138 valence electrons. The van der Waals surface area contributed by atoms with Crippen LogP contribution in [0.1, 0.15) is 64.7 Å². The van der Waals surface area contributed by atoms with Gasteiger partial charge < -0.3 is 0 Å². The first-order chi connectivity index (χ1) is 11.5. The van der Waals surface area contributed by atoms with Crippen molar-refractivity contribution in [3.8, 4) is 0 Å². The van der Waals surface area contributed by atoms with Crippen molar-refractivity contribution in [2.75, 3.05) is 14.1 Å². The van der Waals surface area contributed by atoms with Crippen molar-refractivity contribution in [2.24, 2.45) is 0 Å². The molecule has 0 aromatic carbocycles. The highest BCUT2D eigenvalue weighted by Gasteiger charge is 2.22. The van der Waals surface area contributed by atoms with Crippen LogP contribution in [0.25, 0.3) is 0 Å². The molecule has 1 aromatic heterocycles. The van der Waals surface area contributed by atoms with Gasteiger partial charge in [-0.05, 0) is 12.8 Å². The van der Waals surface area contributed by atoms with Crippen LogP contribution in [-0.4, -0.2) is 30.8 Å². The fourth-order valence-corrected chi connectivity index (χ4v) is 3.34. The molecule has 0 N–H and O–H groups in total. The Morgan fingerprint density at radius 3 is 2.29 bits per heavy atom. The molecule has 24 heavy (non-hydrogen) atoms. The summed E-state index contributed by atoms with van der Waals surface area (Å²) < 4.78 is 28.3. The van der Waals surface area contributed by atoms with Gasteiger partial charge in [0.15, 0.2) is 0 Å². The fraction of sp³-hybridized carbons (Fsp3) is 0.722. The Morgan fingerprint density at radius 2 is 1.62 bits per heavy atom. The summed E-state index contributed by atoms with van der Waals surface area (Å²) >= 11 is 0. The van der Waals surface area contributed by atoms with E-state index in [2.05, 4.69) is 19.1 Å². The van der Waals surface area contributed by atoms with Crippen molar-refractivity contribution >= 4 is 10.2 Å². The number of hydrogen-bond acceptors (Lipinski definition) is 2. The molecule has 0 atom stereocenters. The first kappa shape index (κ1) is 20.9. The van der Waals surface area contributed by atoms with Crippen molar-refractivity contribution in [2.45, 2.75) is 71.3 Å². The van der Waals surface area contributed by atoms with Gasteiger partial charge in [-0.15, -0.1) is 3.97 Å². The zero-order chi connectivity index (χ0) is 17.8. The summed E-state index contributed by atoms with van der Waals surface area (Å²) in [5.74, 6) is 0. The highest BCUT2D eigenvalue weighted by atomic mass is 32.2. The lowest BCUT2D eigenvalue weighted by atomic mass is 10.1. The van der Waals surface area contributed by atoms with E-state index < -0.39 is 10.2 Å². The van der Waals surface area contributed by atoms with Crippen LogP contribution in [0.5, 0.6) is 0 Å². The monoisotopic (exact) mass is 356 g/mol. The Morgan fingerprint density at radius 1 is 1.00 bits per heavy atom. The number of aromatic nitrogens is 2. The van der Waals surface area contributed by atoms with Gasteiger partial charge in [0, 0.05) is 20.5 Å². The van der Waals surface area contributed by atoms with Gasteiger partial charge in [0.1, 0.15) is 12.4 Å². The van der Waals surface area contributed by atoms with Crippen molar-refractivity contribution in [3.63, 3.8) is 0 Å². The molecule has 0 saturated heterocycles. The molecule has 0 aliphatic heterocycles. The number of allylic oxidation sites excluding steroid dienone is 2. The quantitative estimate of drug-likeness (QED) is 0.308. The van der Waals surface area contributed by atoms with Crippen LogP contribution in [-0.2, 0) is 16.8 Å². The minimum Gasteiger partial charge on any atom is -0.235 e. The maximum absolute atomic E-state index is 12.0. The third-order valence-electron chi connectivity index (χ3n) is 4.09. The third kappa shape index (κ3) is 7.62. The summed E-state index contributed by atoms with van der Waals surface area (Å²) in [4.78, 5) is 0. The zero-order valence-corrected chi connectivity index (χ0v) is 16.3. The SMILES string of the molecule is CCCCCCCCCC=CCC[n+]1ccn(S(=O)(=O)N(C)C)c1. The Kier molecular flexibility index (Phi) is 9.95. The van der Waals surface area contributed by atoms with Crippen LogP contribution in [0.4, 0.5) is 0 Å². The van der Waals surface area contributed by atoms with E-state index in [1.807, 2.05) is 4.57 Å². The molecule has 1 aromatic rings. The van der Waals surface area contributed by atoms with Crippen LogP contribution in [0.3, 0.4) is 0 Å². The van der Waals surface area contributed by atoms with Gasteiger partial charge in [0.05, 0.1) is 6.54 Å². The number of aryl methyl sites for hydroxylation is 1. The summed E-state index contributed by atoms with van der Waals surface area (Å²) in [5.41, 5.74) is 0. The van der Waals surface area contributed by atoms with Gasteiger partial charge in [-0.25, -0.2) is 4.57 Å². The molecular weight excluding hydrogens is 322 g/mol. The van der Waals surface area contributed by atoms with Gasteiger partial charge in [0.25, 0.3) is 6.33 Å². The molecule has 0 bridgehead atoms. The summed E-state index contributed by atoms with van der Waals surface area (Å²) in [6.45, 7) is 3.04. The van der Waals surface area contributed by atoms with Crippen LogP contribution >= 0.6 is 0 Å². The number of imidazole rings is 1. The average Bonchev–Trinajstić information content (AvgIpc) is 3.02. The first-order valence-corrected chi connectivity index (χ1v) is 10.5. The predicted octanol–water partition coefficient (Wildman–Crippen LogP) is 3.52. The van der Waals surface area contributed by atoms with Gasteiger partial charge in [-0.3, -0.25) is 0 Å². The van der Waals surface area contributed by atoms with Crippen LogP contribution in [0.2, 0.25) is 0 Å². The normalized spacial score (nSPS) is 12.5. The molecule has 0 aliphatic carbocycles. The van der Waals surface area contributed by atoms with Gasteiger partial charge in [-0.1, -0.05) is 57.6 Å². The molecule has 0 radical (unpaired) electrons. The molecule has 0 saturated carbocycles. The van der Waals surface area contributed by atoms with Gasteiger partial charge >= 0.3 is 10.2 Å². The molecule has 0 unspecified atom stereocenters. The summed E-state index contributed by atoms with van der Waals surface area (Å²) in [6.07, 6.45) is 20.9. The molecule has 0 spiro atoms. The Labute approximate surface area is 148 Å². The molecule has 1 rings (SSSR count). The summed E-state index contributed by atoms with van der Waals surface area (Å²) in [6, 6.07) is 0. The summed E-state index contributed by atoms with van der Waals surface area (Å²) in [5, 5.41) is 0. The van der Waals surface area contributed by atoms with E-state index in [0.717, 1.165) is 19.4 Å². The molecule has 0 fully saturated rings. The number of rotatable bonds is 13. The molecule has 0 aliphatic rings. The van der Waals surface area contributed by atoms with E-state index in [-0.39, 0.29) is 0 Å². The Hall–Kier alpha value is -1.14. The van der Waals surface area contributed by atoms with Crippen molar-refractivity contribution < 1.29 is 13.0 Å². The standard InChI is InChI=1S/C18H34N3O2S/c1-4-5-6-7-8-9-10-11-12-13-14-15-20-16-17-21(18-20)24(22,23)19(2)3/h12-13,16-18H,4-11,14-15H2,1-3H3/q+1. The lowest BCUT2D eigenvalue weighted by Gasteiger charge is -2.05. The van der Waals surface area contributed by atoms with E-state index in [4.69, 9.17) is 0 Å². The topological polar surface area (TPSA) is 46.2 Å². The van der Waals surface area contributed by atoms with E-state index in [9.17, 15) is 8.42 Å². The van der Waals surface area contributed by atoms with Crippen molar-refractivity contribution in [1.82, 2.24) is 8.28 Å². The molecule has 0 amide bonds. The van der Waals surface area contributed by atoms with Crippen LogP contribution < -0.4 is 4.57 Å². The fourth-order valence-electron chi connectivity index (χ4n) is 2.51. The minimum absolute atomic E-state index is 0.795. The number of unbranched alkanes of at least 4 members (excludes halogenated alkanes) is 7. The number of nitrogens with zero attached hydrogens (tertiary/aromatic N) is 3. The maximum Gasteiger partial charge on any atom is 0.379 e. The first-order valence-electron chi connectivity index (χ1n) is 9.13. The smallest absolute Gasteiger partial charge is 0.235 e.